The second-order valence-electron chi connectivity index (χ2n) is 5.85. The first-order chi connectivity index (χ1) is 9.27. The van der Waals surface area contributed by atoms with Crippen LogP contribution in [0.5, 0.6) is 0 Å². The molecule has 4 heteroatoms. The summed E-state index contributed by atoms with van der Waals surface area (Å²) < 4.78 is 0. The van der Waals surface area contributed by atoms with Gasteiger partial charge in [-0.15, -0.1) is 0 Å². The molecular formula is C15H21N3O. The van der Waals surface area contributed by atoms with Crippen molar-refractivity contribution >= 4 is 5.91 Å². The molecule has 102 valence electrons. The molecule has 1 N–H and O–H groups in total. The third-order valence-corrected chi connectivity index (χ3v) is 4.50. The minimum absolute atomic E-state index is 0.306. The maximum Gasteiger partial charge on any atom is 0.222 e. The molecule has 2 aliphatic rings. The summed E-state index contributed by atoms with van der Waals surface area (Å²) in [7, 11) is 0. The molecule has 1 spiro atoms. The maximum atomic E-state index is 12.2. The first-order valence-corrected chi connectivity index (χ1v) is 7.15. The molecule has 3 heterocycles. The van der Waals surface area contributed by atoms with Crippen molar-refractivity contribution in [3.05, 3.63) is 30.1 Å². The summed E-state index contributed by atoms with van der Waals surface area (Å²) in [5, 5.41) is 3.43. The molecule has 1 unspecified atom stereocenters. The van der Waals surface area contributed by atoms with Crippen LogP contribution < -0.4 is 5.32 Å². The monoisotopic (exact) mass is 259 g/mol. The lowest BCUT2D eigenvalue weighted by Crippen LogP contribution is -2.33. The Hall–Kier alpha value is -1.42. The summed E-state index contributed by atoms with van der Waals surface area (Å²) in [6.45, 7) is 4.09. The molecule has 1 aromatic rings. The fraction of sp³-hybridized carbons (Fsp3) is 0.600. The van der Waals surface area contributed by atoms with Crippen molar-refractivity contribution in [1.29, 1.82) is 0 Å². The smallest absolute Gasteiger partial charge is 0.222 e. The van der Waals surface area contributed by atoms with E-state index in [9.17, 15) is 4.79 Å². The van der Waals surface area contributed by atoms with Crippen LogP contribution in [0.4, 0.5) is 0 Å². The van der Waals surface area contributed by atoms with Crippen LogP contribution in [0, 0.1) is 5.41 Å². The zero-order chi connectivity index (χ0) is 13.1. The van der Waals surface area contributed by atoms with Crippen LogP contribution in [0.15, 0.2) is 24.5 Å². The summed E-state index contributed by atoms with van der Waals surface area (Å²) in [6, 6.07) is 3.97. The number of hydrogen-bond acceptors (Lipinski definition) is 3. The molecule has 2 fully saturated rings. The van der Waals surface area contributed by atoms with E-state index in [1.807, 2.05) is 12.1 Å². The van der Waals surface area contributed by atoms with Gasteiger partial charge in [-0.1, -0.05) is 0 Å². The minimum atomic E-state index is 0.306. The van der Waals surface area contributed by atoms with Gasteiger partial charge in [-0.3, -0.25) is 9.78 Å². The van der Waals surface area contributed by atoms with E-state index in [-0.39, 0.29) is 0 Å². The number of carbonyl (C=O) groups is 1. The second-order valence-corrected chi connectivity index (χ2v) is 5.85. The molecule has 2 saturated heterocycles. The van der Waals surface area contributed by atoms with Gasteiger partial charge in [-0.25, -0.2) is 0 Å². The number of carbonyl (C=O) groups excluding carboxylic acids is 1. The fourth-order valence-corrected chi connectivity index (χ4v) is 3.25. The van der Waals surface area contributed by atoms with Crippen molar-refractivity contribution in [3.8, 4) is 0 Å². The summed E-state index contributed by atoms with van der Waals surface area (Å²) in [6.07, 6.45) is 7.41. The van der Waals surface area contributed by atoms with E-state index in [1.54, 1.807) is 12.4 Å². The lowest BCUT2D eigenvalue weighted by atomic mass is 9.86. The van der Waals surface area contributed by atoms with Gasteiger partial charge in [0.05, 0.1) is 0 Å². The number of likely N-dealkylation sites (tertiary alicyclic amines) is 1. The minimum Gasteiger partial charge on any atom is -0.342 e. The molecule has 0 radical (unpaired) electrons. The zero-order valence-electron chi connectivity index (χ0n) is 11.3. The average molecular weight is 259 g/mol. The first-order valence-electron chi connectivity index (χ1n) is 7.15. The van der Waals surface area contributed by atoms with Crippen LogP contribution in [-0.2, 0) is 11.2 Å². The van der Waals surface area contributed by atoms with E-state index in [0.717, 1.165) is 32.6 Å². The summed E-state index contributed by atoms with van der Waals surface area (Å²) in [5.74, 6) is 0.306. The standard InChI is InChI=1S/C15H21N3O/c19-14(2-1-13-3-7-16-8-4-13)18-10-6-15(12-18)5-9-17-11-15/h3-4,7-8,17H,1-2,5-6,9-12H2. The Morgan fingerprint density at radius 1 is 1.37 bits per heavy atom. The van der Waals surface area contributed by atoms with Crippen molar-refractivity contribution in [2.24, 2.45) is 5.41 Å². The number of aryl methyl sites for hydroxylation is 1. The Morgan fingerprint density at radius 2 is 2.21 bits per heavy atom. The van der Waals surface area contributed by atoms with E-state index in [0.29, 0.717) is 17.7 Å². The van der Waals surface area contributed by atoms with E-state index in [4.69, 9.17) is 0 Å². The molecule has 4 nitrogen and oxygen atoms in total. The van der Waals surface area contributed by atoms with E-state index >= 15 is 0 Å². The molecule has 0 bridgehead atoms. The Kier molecular flexibility index (Phi) is 3.51. The highest BCUT2D eigenvalue weighted by Gasteiger charge is 2.41. The van der Waals surface area contributed by atoms with Gasteiger partial charge in [0.15, 0.2) is 0 Å². The lowest BCUT2D eigenvalue weighted by Gasteiger charge is -2.22. The van der Waals surface area contributed by atoms with Crippen molar-refractivity contribution in [1.82, 2.24) is 15.2 Å². The average Bonchev–Trinajstić information content (AvgIpc) is 3.08. The van der Waals surface area contributed by atoms with Crippen LogP contribution >= 0.6 is 0 Å². The van der Waals surface area contributed by atoms with Crippen molar-refractivity contribution in [2.45, 2.75) is 25.7 Å². The highest BCUT2D eigenvalue weighted by Crippen LogP contribution is 2.36. The normalized spacial score (nSPS) is 26.2. The highest BCUT2D eigenvalue weighted by molar-refractivity contribution is 5.76. The van der Waals surface area contributed by atoms with E-state index in [2.05, 4.69) is 15.2 Å². The molecule has 1 amide bonds. The molecule has 2 aliphatic heterocycles. The Bertz CT molecular complexity index is 440. The van der Waals surface area contributed by atoms with Crippen LogP contribution in [-0.4, -0.2) is 42.0 Å². The number of rotatable bonds is 3. The third kappa shape index (κ3) is 2.78. The number of nitrogens with one attached hydrogen (secondary N) is 1. The van der Waals surface area contributed by atoms with Gasteiger partial charge in [0, 0.05) is 43.9 Å². The number of pyridine rings is 1. The van der Waals surface area contributed by atoms with Crippen LogP contribution in [0.3, 0.4) is 0 Å². The topological polar surface area (TPSA) is 45.2 Å². The van der Waals surface area contributed by atoms with Crippen molar-refractivity contribution in [3.63, 3.8) is 0 Å². The Morgan fingerprint density at radius 3 is 2.95 bits per heavy atom. The molecule has 19 heavy (non-hydrogen) atoms. The highest BCUT2D eigenvalue weighted by atomic mass is 16.2. The van der Waals surface area contributed by atoms with Crippen molar-refractivity contribution < 1.29 is 4.79 Å². The van der Waals surface area contributed by atoms with Gasteiger partial charge in [0.25, 0.3) is 0 Å². The van der Waals surface area contributed by atoms with Gasteiger partial charge >= 0.3 is 0 Å². The number of nitrogens with zero attached hydrogens (tertiary/aromatic N) is 2. The molecule has 0 saturated carbocycles. The number of hydrogen-bond donors (Lipinski definition) is 1. The van der Waals surface area contributed by atoms with Crippen molar-refractivity contribution in [2.75, 3.05) is 26.2 Å². The molecular weight excluding hydrogens is 238 g/mol. The fourth-order valence-electron chi connectivity index (χ4n) is 3.25. The zero-order valence-corrected chi connectivity index (χ0v) is 11.3. The van der Waals surface area contributed by atoms with Gasteiger partial charge in [0.1, 0.15) is 0 Å². The maximum absolute atomic E-state index is 12.2. The molecule has 0 aromatic carbocycles. The summed E-state index contributed by atoms with van der Waals surface area (Å²) in [5.41, 5.74) is 1.58. The van der Waals surface area contributed by atoms with Crippen LogP contribution in [0.1, 0.15) is 24.8 Å². The summed E-state index contributed by atoms with van der Waals surface area (Å²) >= 11 is 0. The first kappa shape index (κ1) is 12.6. The van der Waals surface area contributed by atoms with Gasteiger partial charge in [0.2, 0.25) is 5.91 Å². The van der Waals surface area contributed by atoms with E-state index < -0.39 is 0 Å². The predicted molar refractivity (Wildman–Crippen MR) is 73.7 cm³/mol. The van der Waals surface area contributed by atoms with E-state index in [1.165, 1.54) is 18.4 Å². The predicted octanol–water partition coefficient (Wildman–Crippen LogP) is 1.23. The second kappa shape index (κ2) is 5.29. The molecule has 3 rings (SSSR count). The van der Waals surface area contributed by atoms with Crippen LogP contribution in [0.2, 0.25) is 0 Å². The Balaban J connectivity index is 1.51. The number of amides is 1. The van der Waals surface area contributed by atoms with Gasteiger partial charge < -0.3 is 10.2 Å². The SMILES string of the molecule is O=C(CCc1ccncc1)N1CCC2(CCNC2)C1. The molecule has 1 aromatic heterocycles. The van der Waals surface area contributed by atoms with Gasteiger partial charge in [-0.05, 0) is 43.5 Å². The Labute approximate surface area is 114 Å². The lowest BCUT2D eigenvalue weighted by molar-refractivity contribution is -0.130. The summed E-state index contributed by atoms with van der Waals surface area (Å²) in [4.78, 5) is 18.3. The van der Waals surface area contributed by atoms with Gasteiger partial charge in [-0.2, -0.15) is 0 Å². The number of aromatic nitrogens is 1. The largest absolute Gasteiger partial charge is 0.342 e. The third-order valence-electron chi connectivity index (χ3n) is 4.50. The van der Waals surface area contributed by atoms with Crippen LogP contribution in [0.25, 0.3) is 0 Å². The molecule has 0 aliphatic carbocycles. The molecule has 1 atom stereocenters. The quantitative estimate of drug-likeness (QED) is 0.888.